The van der Waals surface area contributed by atoms with E-state index in [1.807, 2.05) is 19.9 Å². The fraction of sp³-hybridized carbons (Fsp3) is 0.259. The maximum Gasteiger partial charge on any atom is 0.298 e. The van der Waals surface area contributed by atoms with Crippen molar-refractivity contribution in [1.82, 2.24) is 0 Å². The minimum Gasteiger partial charge on any atom is -0.387 e. The van der Waals surface area contributed by atoms with E-state index in [9.17, 15) is 23.5 Å². The number of halogens is 3. The lowest BCUT2D eigenvalue weighted by atomic mass is 10.0. The van der Waals surface area contributed by atoms with Crippen LogP contribution in [0.15, 0.2) is 60.7 Å². The SMILES string of the molecule is Cc1cc(C)c(N(C)C(=O)c2ccc(NC(=O)Cc3ccc(C(F)(F)C(C)O)cc3)cc2)c(Cl)c1. The number of nitrogens with zero attached hydrogens (tertiary/aromatic N) is 1. The summed E-state index contributed by atoms with van der Waals surface area (Å²) in [7, 11) is 1.66. The van der Waals surface area contributed by atoms with Crippen LogP contribution in [0.5, 0.6) is 0 Å². The Kier molecular flexibility index (Phi) is 7.93. The lowest BCUT2D eigenvalue weighted by Crippen LogP contribution is -2.28. The van der Waals surface area contributed by atoms with Gasteiger partial charge in [0, 0.05) is 23.9 Å². The predicted octanol–water partition coefficient (Wildman–Crippen LogP) is 5.89. The van der Waals surface area contributed by atoms with Gasteiger partial charge in [-0.1, -0.05) is 41.9 Å². The number of amides is 2. The third-order valence-corrected chi connectivity index (χ3v) is 5.97. The topological polar surface area (TPSA) is 69.6 Å². The van der Waals surface area contributed by atoms with Gasteiger partial charge < -0.3 is 15.3 Å². The molecule has 2 amide bonds. The summed E-state index contributed by atoms with van der Waals surface area (Å²) in [6.45, 7) is 4.85. The van der Waals surface area contributed by atoms with Crippen LogP contribution in [0.1, 0.15) is 39.5 Å². The molecule has 184 valence electrons. The molecule has 0 saturated heterocycles. The molecule has 0 saturated carbocycles. The van der Waals surface area contributed by atoms with Crippen LogP contribution in [0.3, 0.4) is 0 Å². The molecule has 35 heavy (non-hydrogen) atoms. The summed E-state index contributed by atoms with van der Waals surface area (Å²) in [6, 6.07) is 15.5. The van der Waals surface area contributed by atoms with Crippen molar-refractivity contribution in [2.24, 2.45) is 0 Å². The number of aliphatic hydroxyl groups is 1. The quantitative estimate of drug-likeness (QED) is 0.425. The van der Waals surface area contributed by atoms with Gasteiger partial charge in [0.25, 0.3) is 11.8 Å². The second-order valence-corrected chi connectivity index (χ2v) is 8.98. The van der Waals surface area contributed by atoms with Crippen molar-refractivity contribution >= 4 is 34.8 Å². The largest absolute Gasteiger partial charge is 0.387 e. The maximum absolute atomic E-state index is 13.9. The van der Waals surface area contributed by atoms with E-state index in [1.165, 1.54) is 29.2 Å². The summed E-state index contributed by atoms with van der Waals surface area (Å²) in [4.78, 5) is 26.9. The number of aryl methyl sites for hydroxylation is 2. The van der Waals surface area contributed by atoms with Crippen LogP contribution in [-0.4, -0.2) is 30.1 Å². The minimum absolute atomic E-state index is 0.0187. The number of carbonyl (C=O) groups is 2. The molecule has 5 nitrogen and oxygen atoms in total. The van der Waals surface area contributed by atoms with Crippen LogP contribution in [-0.2, 0) is 17.1 Å². The van der Waals surface area contributed by atoms with Gasteiger partial charge in [-0.2, -0.15) is 8.78 Å². The number of hydrogen-bond donors (Lipinski definition) is 2. The molecule has 0 radical (unpaired) electrons. The fourth-order valence-corrected chi connectivity index (χ4v) is 4.25. The molecule has 1 atom stereocenters. The molecule has 0 aromatic heterocycles. The van der Waals surface area contributed by atoms with E-state index < -0.39 is 12.0 Å². The van der Waals surface area contributed by atoms with Crippen LogP contribution < -0.4 is 10.2 Å². The van der Waals surface area contributed by atoms with Crippen molar-refractivity contribution in [3.8, 4) is 0 Å². The number of rotatable bonds is 7. The van der Waals surface area contributed by atoms with Crippen molar-refractivity contribution in [2.75, 3.05) is 17.3 Å². The Balaban J connectivity index is 1.64. The lowest BCUT2D eigenvalue weighted by molar-refractivity contribution is -0.115. The molecule has 0 heterocycles. The summed E-state index contributed by atoms with van der Waals surface area (Å²) >= 11 is 6.37. The average Bonchev–Trinajstić information content (AvgIpc) is 2.78. The maximum atomic E-state index is 13.9. The highest BCUT2D eigenvalue weighted by Gasteiger charge is 2.37. The number of aliphatic hydroxyl groups excluding tert-OH is 1. The Labute approximate surface area is 208 Å². The van der Waals surface area contributed by atoms with Crippen molar-refractivity contribution in [3.05, 3.63) is 93.5 Å². The molecule has 0 aliphatic rings. The van der Waals surface area contributed by atoms with Crippen molar-refractivity contribution < 1.29 is 23.5 Å². The minimum atomic E-state index is -3.36. The highest BCUT2D eigenvalue weighted by atomic mass is 35.5. The summed E-state index contributed by atoms with van der Waals surface area (Å²) in [6.07, 6.45) is -1.83. The van der Waals surface area contributed by atoms with Crippen molar-refractivity contribution in [2.45, 2.75) is 39.2 Å². The smallest absolute Gasteiger partial charge is 0.298 e. The van der Waals surface area contributed by atoms with Gasteiger partial charge in [-0.3, -0.25) is 9.59 Å². The lowest BCUT2D eigenvalue weighted by Gasteiger charge is -2.21. The van der Waals surface area contributed by atoms with E-state index in [-0.39, 0.29) is 23.8 Å². The van der Waals surface area contributed by atoms with Gasteiger partial charge in [-0.25, -0.2) is 0 Å². The van der Waals surface area contributed by atoms with E-state index in [2.05, 4.69) is 5.32 Å². The fourth-order valence-electron chi connectivity index (χ4n) is 3.80. The molecule has 0 aliphatic carbocycles. The zero-order valence-corrected chi connectivity index (χ0v) is 20.7. The average molecular weight is 501 g/mol. The van der Waals surface area contributed by atoms with Crippen LogP contribution in [0.2, 0.25) is 5.02 Å². The summed E-state index contributed by atoms with van der Waals surface area (Å²) < 4.78 is 27.8. The predicted molar refractivity (Wildman–Crippen MR) is 134 cm³/mol. The number of hydrogen-bond acceptors (Lipinski definition) is 3. The molecule has 8 heteroatoms. The molecule has 0 bridgehead atoms. The Morgan fingerprint density at radius 1 is 1.06 bits per heavy atom. The van der Waals surface area contributed by atoms with E-state index in [4.69, 9.17) is 11.6 Å². The molecule has 0 aliphatic heterocycles. The monoisotopic (exact) mass is 500 g/mol. The third kappa shape index (κ3) is 6.05. The summed E-state index contributed by atoms with van der Waals surface area (Å²) in [5.41, 5.74) is 3.68. The van der Waals surface area contributed by atoms with Gasteiger partial charge >= 0.3 is 0 Å². The van der Waals surface area contributed by atoms with E-state index in [1.54, 1.807) is 37.4 Å². The Bertz CT molecular complexity index is 1200. The number of nitrogens with one attached hydrogen (secondary N) is 1. The Morgan fingerprint density at radius 2 is 1.66 bits per heavy atom. The van der Waals surface area contributed by atoms with Crippen LogP contribution >= 0.6 is 11.6 Å². The Hall–Kier alpha value is -3.29. The first kappa shape index (κ1) is 26.3. The zero-order chi connectivity index (χ0) is 25.9. The second-order valence-electron chi connectivity index (χ2n) is 8.57. The number of anilines is 2. The molecule has 3 aromatic rings. The molecule has 3 aromatic carbocycles. The van der Waals surface area contributed by atoms with Gasteiger partial charge in [0.1, 0.15) is 6.10 Å². The van der Waals surface area contributed by atoms with Crippen molar-refractivity contribution in [3.63, 3.8) is 0 Å². The molecular weight excluding hydrogens is 474 g/mol. The van der Waals surface area contributed by atoms with E-state index in [0.717, 1.165) is 18.1 Å². The van der Waals surface area contributed by atoms with Gasteiger partial charge in [0.2, 0.25) is 5.91 Å². The van der Waals surface area contributed by atoms with Crippen LogP contribution in [0, 0.1) is 13.8 Å². The van der Waals surface area contributed by atoms with E-state index in [0.29, 0.717) is 27.5 Å². The molecular formula is C27H27ClF2N2O3. The van der Waals surface area contributed by atoms with Gasteiger partial charge in [-0.15, -0.1) is 0 Å². The molecule has 1 unspecified atom stereocenters. The summed E-state index contributed by atoms with van der Waals surface area (Å²) in [5, 5.41) is 12.5. The van der Waals surface area contributed by atoms with Crippen LogP contribution in [0.4, 0.5) is 20.2 Å². The molecule has 3 rings (SSSR count). The van der Waals surface area contributed by atoms with Crippen LogP contribution in [0.25, 0.3) is 0 Å². The number of benzene rings is 3. The summed E-state index contributed by atoms with van der Waals surface area (Å²) in [5.74, 6) is -3.94. The van der Waals surface area contributed by atoms with Gasteiger partial charge in [-0.05, 0) is 67.8 Å². The van der Waals surface area contributed by atoms with Gasteiger partial charge in [0.15, 0.2) is 0 Å². The van der Waals surface area contributed by atoms with Gasteiger partial charge in [0.05, 0.1) is 17.1 Å². The van der Waals surface area contributed by atoms with Crippen molar-refractivity contribution in [1.29, 1.82) is 0 Å². The number of alkyl halides is 2. The number of carbonyl (C=O) groups excluding carboxylic acids is 2. The normalized spacial score (nSPS) is 12.2. The zero-order valence-electron chi connectivity index (χ0n) is 19.9. The molecule has 0 fully saturated rings. The first-order valence-corrected chi connectivity index (χ1v) is 11.4. The second kappa shape index (κ2) is 10.5. The highest BCUT2D eigenvalue weighted by Crippen LogP contribution is 2.32. The molecule has 2 N–H and O–H groups in total. The first-order valence-electron chi connectivity index (χ1n) is 11.0. The van der Waals surface area contributed by atoms with E-state index >= 15 is 0 Å². The first-order chi connectivity index (χ1) is 16.4. The molecule has 0 spiro atoms. The Morgan fingerprint density at radius 3 is 2.20 bits per heavy atom. The third-order valence-electron chi connectivity index (χ3n) is 5.68. The highest BCUT2D eigenvalue weighted by molar-refractivity contribution is 6.34. The standard InChI is InChI=1S/C27H27ClF2N2O3/c1-16-13-17(2)25(23(28)14-16)32(4)26(35)20-7-11-22(12-8-20)31-24(34)15-19-5-9-21(10-6-19)27(29,30)18(3)33/h5-14,18,33H,15H2,1-4H3,(H,31,34).